The van der Waals surface area contributed by atoms with E-state index in [4.69, 9.17) is 30.7 Å². The summed E-state index contributed by atoms with van der Waals surface area (Å²) < 4.78 is 20.7. The third-order valence-electron chi connectivity index (χ3n) is 3.27. The van der Waals surface area contributed by atoms with Crippen LogP contribution in [0.3, 0.4) is 0 Å². The van der Waals surface area contributed by atoms with E-state index in [0.29, 0.717) is 23.6 Å². The molecule has 2 aromatic rings. The predicted molar refractivity (Wildman–Crippen MR) is 108 cm³/mol. The largest absolute Gasteiger partial charge is 0.497 e. The SMILES string of the molecule is COc1ccc(Sc2nc(N)nc(N)c2N=CCCCOCP(=O)(O)O)cc1. The molecule has 1 heterocycles. The highest BCUT2D eigenvalue weighted by atomic mass is 32.2. The van der Waals surface area contributed by atoms with Gasteiger partial charge in [-0.2, -0.15) is 4.98 Å². The van der Waals surface area contributed by atoms with E-state index >= 15 is 0 Å². The van der Waals surface area contributed by atoms with Crippen molar-refractivity contribution in [2.45, 2.75) is 22.8 Å². The third-order valence-corrected chi connectivity index (χ3v) is 4.78. The van der Waals surface area contributed by atoms with Crippen LogP contribution in [0.2, 0.25) is 0 Å². The van der Waals surface area contributed by atoms with Crippen LogP contribution in [0, 0.1) is 0 Å². The third kappa shape index (κ3) is 7.45. The predicted octanol–water partition coefficient (Wildman–Crippen LogP) is 2.44. The van der Waals surface area contributed by atoms with Crippen molar-refractivity contribution in [2.24, 2.45) is 4.99 Å². The molecule has 0 spiro atoms. The standard InChI is InChI=1S/C16H22N5O5PS/c1-25-11-4-6-12(7-5-11)28-15-13(14(17)20-16(18)21-15)19-8-2-3-9-26-10-27(22,23)24/h4-8H,2-3,9-10H2,1H3,(H2,22,23,24)(H4,17,18,20,21). The van der Waals surface area contributed by atoms with Gasteiger partial charge < -0.3 is 30.7 Å². The number of hydrogen-bond donors (Lipinski definition) is 4. The molecule has 0 atom stereocenters. The average Bonchev–Trinajstić information content (AvgIpc) is 2.62. The van der Waals surface area contributed by atoms with E-state index in [1.807, 2.05) is 24.3 Å². The highest BCUT2D eigenvalue weighted by molar-refractivity contribution is 7.99. The molecular formula is C16H22N5O5PS. The molecule has 0 bridgehead atoms. The molecule has 0 fully saturated rings. The Morgan fingerprint density at radius 3 is 2.61 bits per heavy atom. The van der Waals surface area contributed by atoms with Crippen LogP contribution in [0.25, 0.3) is 0 Å². The molecule has 6 N–H and O–H groups in total. The van der Waals surface area contributed by atoms with Crippen LogP contribution >= 0.6 is 19.4 Å². The molecule has 0 aliphatic carbocycles. The van der Waals surface area contributed by atoms with Crippen molar-refractivity contribution >= 4 is 43.0 Å². The number of rotatable bonds is 10. The Balaban J connectivity index is 2.01. The Morgan fingerprint density at radius 1 is 1.25 bits per heavy atom. The summed E-state index contributed by atoms with van der Waals surface area (Å²) in [6.45, 7) is 0.207. The van der Waals surface area contributed by atoms with Crippen molar-refractivity contribution in [2.75, 3.05) is 31.5 Å². The van der Waals surface area contributed by atoms with Crippen molar-refractivity contribution in [1.82, 2.24) is 9.97 Å². The number of nitrogen functional groups attached to an aromatic ring is 2. The lowest BCUT2D eigenvalue weighted by atomic mass is 10.3. The molecule has 2 rings (SSSR count). The number of hydrogen-bond acceptors (Lipinski definition) is 9. The van der Waals surface area contributed by atoms with Gasteiger partial charge >= 0.3 is 7.60 Å². The second-order valence-corrected chi connectivity index (χ2v) is 8.20. The van der Waals surface area contributed by atoms with Gasteiger partial charge in [-0.25, -0.2) is 4.98 Å². The summed E-state index contributed by atoms with van der Waals surface area (Å²) >= 11 is 1.34. The monoisotopic (exact) mass is 427 g/mol. The molecular weight excluding hydrogens is 405 g/mol. The van der Waals surface area contributed by atoms with Crippen LogP contribution in [0.5, 0.6) is 5.75 Å². The van der Waals surface area contributed by atoms with E-state index in [2.05, 4.69) is 15.0 Å². The minimum atomic E-state index is -4.14. The van der Waals surface area contributed by atoms with Crippen LogP contribution in [0.15, 0.2) is 39.2 Å². The fourth-order valence-electron chi connectivity index (χ4n) is 2.03. The van der Waals surface area contributed by atoms with Gasteiger partial charge in [0.1, 0.15) is 22.8 Å². The number of nitrogens with two attached hydrogens (primary N) is 2. The highest BCUT2D eigenvalue weighted by Gasteiger charge is 2.13. The summed E-state index contributed by atoms with van der Waals surface area (Å²) in [6, 6.07) is 7.42. The molecule has 0 saturated carbocycles. The molecule has 1 aromatic carbocycles. The van der Waals surface area contributed by atoms with Crippen LogP contribution in [-0.2, 0) is 9.30 Å². The van der Waals surface area contributed by atoms with Gasteiger partial charge in [-0.05, 0) is 37.1 Å². The Kier molecular flexibility index (Phi) is 8.21. The quantitative estimate of drug-likeness (QED) is 0.191. The van der Waals surface area contributed by atoms with Gasteiger partial charge in [0, 0.05) is 17.7 Å². The molecule has 0 saturated heterocycles. The zero-order valence-corrected chi connectivity index (χ0v) is 16.9. The molecule has 1 aromatic heterocycles. The molecule has 0 unspecified atom stereocenters. The van der Waals surface area contributed by atoms with Gasteiger partial charge in [0.15, 0.2) is 5.82 Å². The fourth-order valence-corrected chi connectivity index (χ4v) is 3.29. The van der Waals surface area contributed by atoms with Crippen molar-refractivity contribution in [3.05, 3.63) is 24.3 Å². The normalized spacial score (nSPS) is 11.8. The number of nitrogens with zero attached hydrogens (tertiary/aromatic N) is 3. The Morgan fingerprint density at radius 2 is 1.96 bits per heavy atom. The first-order valence-electron chi connectivity index (χ1n) is 8.18. The summed E-state index contributed by atoms with van der Waals surface area (Å²) in [4.78, 5) is 30.8. The summed E-state index contributed by atoms with van der Waals surface area (Å²) in [6.07, 6.45) is 2.10. The maximum absolute atomic E-state index is 10.7. The van der Waals surface area contributed by atoms with Crippen molar-refractivity contribution < 1.29 is 23.8 Å². The van der Waals surface area contributed by atoms with E-state index in [1.165, 1.54) is 11.8 Å². The van der Waals surface area contributed by atoms with E-state index in [9.17, 15) is 4.57 Å². The second-order valence-electron chi connectivity index (χ2n) is 5.55. The van der Waals surface area contributed by atoms with Crippen molar-refractivity contribution in [1.29, 1.82) is 0 Å². The summed E-state index contributed by atoms with van der Waals surface area (Å²) in [5.74, 6) is 0.959. The maximum atomic E-state index is 10.7. The van der Waals surface area contributed by atoms with Gasteiger partial charge in [0.25, 0.3) is 0 Å². The Hall–Kier alpha value is -2.17. The van der Waals surface area contributed by atoms with E-state index < -0.39 is 13.9 Å². The van der Waals surface area contributed by atoms with Gasteiger partial charge in [-0.15, -0.1) is 0 Å². The number of methoxy groups -OCH3 is 1. The zero-order chi connectivity index (χ0) is 20.6. The number of anilines is 2. The molecule has 10 nitrogen and oxygen atoms in total. The first-order valence-corrected chi connectivity index (χ1v) is 10.8. The van der Waals surface area contributed by atoms with Crippen LogP contribution in [-0.4, -0.2) is 46.0 Å². The first-order chi connectivity index (χ1) is 13.3. The van der Waals surface area contributed by atoms with Gasteiger partial charge in [0.05, 0.1) is 7.11 Å². The van der Waals surface area contributed by atoms with E-state index in [-0.39, 0.29) is 18.4 Å². The number of aromatic nitrogens is 2. The fraction of sp³-hybridized carbons (Fsp3) is 0.312. The molecule has 0 radical (unpaired) electrons. The molecule has 0 aliphatic heterocycles. The van der Waals surface area contributed by atoms with Crippen LogP contribution in [0.1, 0.15) is 12.8 Å². The smallest absolute Gasteiger partial charge is 0.350 e. The average molecular weight is 427 g/mol. The summed E-state index contributed by atoms with van der Waals surface area (Å²) in [7, 11) is -2.54. The number of aliphatic imine (C=N–C) groups is 1. The molecule has 152 valence electrons. The first kappa shape index (κ1) is 22.1. The van der Waals surface area contributed by atoms with E-state index in [1.54, 1.807) is 13.3 Å². The van der Waals surface area contributed by atoms with Gasteiger partial charge in [0.2, 0.25) is 5.95 Å². The molecule has 28 heavy (non-hydrogen) atoms. The molecule has 12 heteroatoms. The minimum absolute atomic E-state index is 0.0540. The number of unbranched alkanes of at least 4 members (excludes halogenated alkanes) is 1. The lowest BCUT2D eigenvalue weighted by Gasteiger charge is -2.08. The van der Waals surface area contributed by atoms with Gasteiger partial charge in [-0.3, -0.25) is 9.56 Å². The number of ether oxygens (including phenoxy) is 2. The summed E-state index contributed by atoms with van der Waals surface area (Å²) in [5, 5.41) is 0.518. The zero-order valence-electron chi connectivity index (χ0n) is 15.2. The van der Waals surface area contributed by atoms with Gasteiger partial charge in [-0.1, -0.05) is 11.8 Å². The Bertz CT molecular complexity index is 859. The number of benzene rings is 1. The minimum Gasteiger partial charge on any atom is -0.497 e. The lowest BCUT2D eigenvalue weighted by Crippen LogP contribution is -2.01. The maximum Gasteiger partial charge on any atom is 0.350 e. The van der Waals surface area contributed by atoms with Crippen LogP contribution in [0.4, 0.5) is 17.5 Å². The molecule has 0 amide bonds. The van der Waals surface area contributed by atoms with Crippen molar-refractivity contribution in [3.8, 4) is 5.75 Å². The topological polar surface area (TPSA) is 166 Å². The Labute approximate surface area is 166 Å². The van der Waals surface area contributed by atoms with Crippen LogP contribution < -0.4 is 16.2 Å². The van der Waals surface area contributed by atoms with E-state index in [0.717, 1.165) is 10.6 Å². The summed E-state index contributed by atoms with van der Waals surface area (Å²) in [5.41, 5.74) is 12.1. The van der Waals surface area contributed by atoms with Crippen molar-refractivity contribution in [3.63, 3.8) is 0 Å². The highest BCUT2D eigenvalue weighted by Crippen LogP contribution is 2.37. The molecule has 0 aliphatic rings. The second kappa shape index (κ2) is 10.4. The lowest BCUT2D eigenvalue weighted by molar-refractivity contribution is 0.156.